The summed E-state index contributed by atoms with van der Waals surface area (Å²) in [4.78, 5) is 30.7. The van der Waals surface area contributed by atoms with Crippen molar-refractivity contribution < 1.29 is 9.53 Å². The molecule has 11 heteroatoms. The van der Waals surface area contributed by atoms with Gasteiger partial charge >= 0.3 is 5.97 Å². The first-order chi connectivity index (χ1) is 16.0. The first-order valence-corrected chi connectivity index (χ1v) is 10.1. The normalized spacial score (nSPS) is 11.1. The number of nitrogens with zero attached hydrogens (tertiary/aromatic N) is 8. The number of ether oxygens (including phenoxy) is 1. The van der Waals surface area contributed by atoms with Crippen molar-refractivity contribution >= 4 is 23.0 Å². The van der Waals surface area contributed by atoms with Crippen molar-refractivity contribution in [2.24, 2.45) is 7.05 Å². The van der Waals surface area contributed by atoms with E-state index in [4.69, 9.17) is 20.4 Å². The highest BCUT2D eigenvalue weighted by atomic mass is 16.5. The van der Waals surface area contributed by atoms with E-state index in [1.807, 2.05) is 41.0 Å². The van der Waals surface area contributed by atoms with Crippen LogP contribution in [-0.4, -0.2) is 45.5 Å². The number of hydrogen-bond donors (Lipinski definition) is 1. The summed E-state index contributed by atoms with van der Waals surface area (Å²) in [5.41, 5.74) is 10.8. The summed E-state index contributed by atoms with van der Waals surface area (Å²) in [7, 11) is 1.75. The number of hydrogen-bond acceptors (Lipinski definition) is 9. The van der Waals surface area contributed by atoms with Crippen LogP contribution in [0.5, 0.6) is 0 Å². The number of aromatic nitrogens is 8. The number of anilines is 1. The van der Waals surface area contributed by atoms with Crippen LogP contribution in [0.15, 0.2) is 55.0 Å². The third kappa shape index (κ3) is 3.87. The lowest BCUT2D eigenvalue weighted by molar-refractivity contribution is -0.142. The van der Waals surface area contributed by atoms with Crippen LogP contribution in [0.4, 0.5) is 5.82 Å². The van der Waals surface area contributed by atoms with E-state index in [1.165, 1.54) is 17.9 Å². The third-order valence-corrected chi connectivity index (χ3v) is 4.94. The minimum Gasteiger partial charge on any atom is -0.461 e. The van der Waals surface area contributed by atoms with E-state index >= 15 is 0 Å². The molecule has 0 bridgehead atoms. The van der Waals surface area contributed by atoms with E-state index < -0.39 is 0 Å². The van der Waals surface area contributed by atoms with Crippen molar-refractivity contribution in [3.8, 4) is 28.6 Å². The maximum absolute atomic E-state index is 11.1. The molecule has 164 valence electrons. The second-order valence-corrected chi connectivity index (χ2v) is 7.27. The molecule has 1 aromatic carbocycles. The number of carbonyl (C=O) groups excluding carboxylic acids is 1. The number of esters is 1. The lowest BCUT2D eigenvalue weighted by atomic mass is 10.2. The number of benzene rings is 1. The Balaban J connectivity index is 1.69. The van der Waals surface area contributed by atoms with E-state index in [2.05, 4.69) is 20.2 Å². The van der Waals surface area contributed by atoms with Crippen LogP contribution in [0.1, 0.15) is 12.5 Å². The number of nitrogen functional groups attached to an aromatic ring is 1. The predicted molar refractivity (Wildman–Crippen MR) is 120 cm³/mol. The average molecular weight is 441 g/mol. The van der Waals surface area contributed by atoms with Crippen LogP contribution < -0.4 is 5.73 Å². The molecule has 0 saturated carbocycles. The molecule has 5 aromatic rings. The van der Waals surface area contributed by atoms with Crippen molar-refractivity contribution in [2.45, 2.75) is 13.5 Å². The van der Waals surface area contributed by atoms with Crippen molar-refractivity contribution in [1.82, 2.24) is 39.5 Å². The SMILES string of the molecule is CC(=O)OCc1ccc(-n2c(-c3nccnc3N)nc3ccc(-c4cnn(C)n4)nc32)cc1. The van der Waals surface area contributed by atoms with Crippen LogP contribution in [-0.2, 0) is 23.2 Å². The Morgan fingerprint density at radius 3 is 2.52 bits per heavy atom. The van der Waals surface area contributed by atoms with E-state index in [-0.39, 0.29) is 18.4 Å². The maximum Gasteiger partial charge on any atom is 0.302 e. The van der Waals surface area contributed by atoms with Crippen LogP contribution in [0.2, 0.25) is 0 Å². The van der Waals surface area contributed by atoms with Crippen LogP contribution >= 0.6 is 0 Å². The minimum atomic E-state index is -0.333. The first-order valence-electron chi connectivity index (χ1n) is 10.1. The van der Waals surface area contributed by atoms with E-state index in [1.54, 1.807) is 19.4 Å². The molecule has 0 fully saturated rings. The average Bonchev–Trinajstić information content (AvgIpc) is 3.41. The molecule has 0 radical (unpaired) electrons. The van der Waals surface area contributed by atoms with Gasteiger partial charge in [0.05, 0.1) is 11.9 Å². The maximum atomic E-state index is 11.1. The lowest BCUT2D eigenvalue weighted by Gasteiger charge is -2.11. The van der Waals surface area contributed by atoms with Crippen LogP contribution in [0.25, 0.3) is 39.8 Å². The first kappa shape index (κ1) is 20.2. The number of aryl methyl sites for hydroxylation is 1. The molecule has 0 saturated heterocycles. The Morgan fingerprint density at radius 2 is 1.82 bits per heavy atom. The van der Waals surface area contributed by atoms with Crippen molar-refractivity contribution in [3.05, 3.63) is 60.6 Å². The second-order valence-electron chi connectivity index (χ2n) is 7.27. The Morgan fingerprint density at radius 1 is 1.03 bits per heavy atom. The number of pyridine rings is 1. The van der Waals surface area contributed by atoms with Gasteiger partial charge in [0.15, 0.2) is 17.3 Å². The zero-order valence-corrected chi connectivity index (χ0v) is 17.9. The Kier molecular flexibility index (Phi) is 4.98. The quantitative estimate of drug-likeness (QED) is 0.407. The summed E-state index contributed by atoms with van der Waals surface area (Å²) in [6, 6.07) is 11.3. The zero-order valence-electron chi connectivity index (χ0n) is 17.9. The Bertz CT molecular complexity index is 1470. The Hall–Kier alpha value is -4.67. The van der Waals surface area contributed by atoms with Gasteiger partial charge in [-0.25, -0.2) is 19.9 Å². The van der Waals surface area contributed by atoms with Crippen molar-refractivity contribution in [1.29, 1.82) is 0 Å². The molecular weight excluding hydrogens is 422 g/mol. The summed E-state index contributed by atoms with van der Waals surface area (Å²) < 4.78 is 6.95. The van der Waals surface area contributed by atoms with Crippen molar-refractivity contribution in [2.75, 3.05) is 5.73 Å². The molecule has 0 aliphatic heterocycles. The molecule has 0 amide bonds. The van der Waals surface area contributed by atoms with Crippen LogP contribution in [0, 0.1) is 0 Å². The van der Waals surface area contributed by atoms with Gasteiger partial charge in [-0.1, -0.05) is 12.1 Å². The molecule has 0 unspecified atom stereocenters. The highest BCUT2D eigenvalue weighted by Crippen LogP contribution is 2.30. The van der Waals surface area contributed by atoms with E-state index in [0.29, 0.717) is 34.1 Å². The van der Waals surface area contributed by atoms with Gasteiger partial charge in [0, 0.05) is 32.1 Å². The predicted octanol–water partition coefficient (Wildman–Crippen LogP) is 2.32. The molecule has 4 heterocycles. The summed E-state index contributed by atoms with van der Waals surface area (Å²) >= 11 is 0. The smallest absolute Gasteiger partial charge is 0.302 e. The largest absolute Gasteiger partial charge is 0.461 e. The van der Waals surface area contributed by atoms with Gasteiger partial charge < -0.3 is 10.5 Å². The second kappa shape index (κ2) is 8.11. The minimum absolute atomic E-state index is 0.194. The van der Waals surface area contributed by atoms with Gasteiger partial charge in [-0.15, -0.1) is 0 Å². The Labute approximate surface area is 187 Å². The molecular formula is C22H19N9O2. The highest BCUT2D eigenvalue weighted by molar-refractivity contribution is 5.83. The topological polar surface area (TPSA) is 140 Å². The van der Waals surface area contributed by atoms with Gasteiger partial charge in [-0.2, -0.15) is 15.0 Å². The molecule has 0 atom stereocenters. The number of carbonyl (C=O) groups is 1. The molecule has 11 nitrogen and oxygen atoms in total. The molecule has 5 rings (SSSR count). The highest BCUT2D eigenvalue weighted by Gasteiger charge is 2.20. The number of rotatable bonds is 5. The molecule has 0 spiro atoms. The lowest BCUT2D eigenvalue weighted by Crippen LogP contribution is -2.04. The summed E-state index contributed by atoms with van der Waals surface area (Å²) in [6.07, 6.45) is 4.75. The molecule has 4 aromatic heterocycles. The van der Waals surface area contributed by atoms with Gasteiger partial charge in [0.2, 0.25) is 0 Å². The van der Waals surface area contributed by atoms with Gasteiger partial charge in [0.1, 0.15) is 23.5 Å². The molecule has 0 aliphatic carbocycles. The fourth-order valence-corrected chi connectivity index (χ4v) is 3.41. The summed E-state index contributed by atoms with van der Waals surface area (Å²) in [5, 5.41) is 8.48. The van der Waals surface area contributed by atoms with E-state index in [0.717, 1.165) is 11.3 Å². The molecule has 2 N–H and O–H groups in total. The summed E-state index contributed by atoms with van der Waals surface area (Å²) in [5.74, 6) is 0.433. The van der Waals surface area contributed by atoms with Gasteiger partial charge in [-0.05, 0) is 29.8 Å². The summed E-state index contributed by atoms with van der Waals surface area (Å²) in [6.45, 7) is 1.57. The zero-order chi connectivity index (χ0) is 22.9. The van der Waals surface area contributed by atoms with Crippen LogP contribution in [0.3, 0.4) is 0 Å². The van der Waals surface area contributed by atoms with E-state index in [9.17, 15) is 4.79 Å². The fourth-order valence-electron chi connectivity index (χ4n) is 3.41. The standard InChI is InChI=1S/C22H19N9O2/c1-13(32)33-12-14-3-5-15(6-4-14)31-21-17(28-22(31)19-20(23)25-10-9-24-19)8-7-16(27-21)18-11-26-30(2)29-18/h3-11H,12H2,1-2H3,(H2,23,25). The number of imidazole rings is 1. The molecule has 33 heavy (non-hydrogen) atoms. The van der Waals surface area contributed by atoms with Crippen molar-refractivity contribution in [3.63, 3.8) is 0 Å². The number of fused-ring (bicyclic) bond motifs is 1. The van der Waals surface area contributed by atoms with Gasteiger partial charge in [0.25, 0.3) is 0 Å². The fraction of sp³-hybridized carbons (Fsp3) is 0.136. The molecule has 0 aliphatic rings. The number of nitrogens with two attached hydrogens (primary N) is 1. The van der Waals surface area contributed by atoms with Gasteiger partial charge in [-0.3, -0.25) is 9.36 Å². The monoisotopic (exact) mass is 441 g/mol. The third-order valence-electron chi connectivity index (χ3n) is 4.94.